The van der Waals surface area contributed by atoms with E-state index in [-0.39, 0.29) is 27.1 Å². The highest BCUT2D eigenvalue weighted by atomic mass is 16.3. The van der Waals surface area contributed by atoms with Crippen molar-refractivity contribution in [1.29, 1.82) is 0 Å². The van der Waals surface area contributed by atoms with E-state index in [1.807, 2.05) is 0 Å². The summed E-state index contributed by atoms with van der Waals surface area (Å²) in [6.07, 6.45) is 2.27. The maximum Gasteiger partial charge on any atom is 0.376 e. The Balaban J connectivity index is 1.17. The third kappa shape index (κ3) is 6.84. The minimum Gasteiger partial charge on any atom is -0.466 e. The average molecular weight is 995 g/mol. The Hall–Kier alpha value is -7.44. The van der Waals surface area contributed by atoms with E-state index in [1.165, 1.54) is 27.8 Å². The van der Waals surface area contributed by atoms with Gasteiger partial charge in [0.25, 0.3) is 0 Å². The standard InChI is InChI=1S/C70H67BN2O3/c1-66(2,3)41-23-27-44(28-24-41)73-55-39-60-47(48-36-52-53(38-59(48)74-60)70(12,13)32-31-69(52,10)11)35-50(55)61-62-56(37-49-45-21-17-18-22-57(45)75-64(49)61)72(54-29-25-42(67(4,5)6)33-46(54)40-19-15-14-16-20-40)63-51-34-43(68(7,8)9)26-30-58(51)76-65(63)71(62)73/h14-30,33-39H,31-32H2,1-13H3. The zero-order valence-electron chi connectivity index (χ0n) is 46.5. The van der Waals surface area contributed by atoms with Crippen LogP contribution in [0.15, 0.2) is 159 Å². The molecule has 0 radical (unpaired) electrons. The summed E-state index contributed by atoms with van der Waals surface area (Å²) in [5, 5.41) is 5.51. The first-order chi connectivity index (χ1) is 36.0. The van der Waals surface area contributed by atoms with Gasteiger partial charge in [0.1, 0.15) is 33.6 Å². The highest BCUT2D eigenvalue weighted by Crippen LogP contribution is 2.56. The van der Waals surface area contributed by atoms with Gasteiger partial charge in [-0.1, -0.05) is 163 Å². The lowest BCUT2D eigenvalue weighted by atomic mass is 9.45. The first kappa shape index (κ1) is 47.0. The summed E-state index contributed by atoms with van der Waals surface area (Å²) in [6, 6.07) is 54.8. The van der Waals surface area contributed by atoms with Crippen molar-refractivity contribution in [1.82, 2.24) is 0 Å². The van der Waals surface area contributed by atoms with Gasteiger partial charge in [-0.25, -0.2) is 0 Å². The van der Waals surface area contributed by atoms with Crippen LogP contribution < -0.4 is 20.8 Å². The van der Waals surface area contributed by atoms with Crippen molar-refractivity contribution in [3.8, 4) is 22.3 Å². The average Bonchev–Trinajstić information content (AvgIpc) is 4.17. The number of fused-ring (bicyclic) bond motifs is 14. The van der Waals surface area contributed by atoms with Crippen molar-refractivity contribution in [3.63, 3.8) is 0 Å². The summed E-state index contributed by atoms with van der Waals surface area (Å²) in [5.41, 5.74) is 22.8. The fourth-order valence-electron chi connectivity index (χ4n) is 13.2. The Labute approximate surface area is 447 Å². The van der Waals surface area contributed by atoms with Gasteiger partial charge in [0, 0.05) is 66.8 Å². The molecular weight excluding hydrogens is 928 g/mol. The van der Waals surface area contributed by atoms with E-state index >= 15 is 0 Å². The number of benzene rings is 8. The van der Waals surface area contributed by atoms with Crippen molar-refractivity contribution >= 4 is 101 Å². The fourth-order valence-corrected chi connectivity index (χ4v) is 13.2. The molecule has 6 heteroatoms. The third-order valence-corrected chi connectivity index (χ3v) is 17.8. The van der Waals surface area contributed by atoms with E-state index in [4.69, 9.17) is 13.3 Å². The monoisotopic (exact) mass is 995 g/mol. The van der Waals surface area contributed by atoms with Gasteiger partial charge in [-0.2, -0.15) is 0 Å². The van der Waals surface area contributed by atoms with Crippen LogP contribution in [0.25, 0.3) is 77.1 Å². The normalized spacial score (nSPS) is 16.0. The molecule has 0 saturated carbocycles. The first-order valence-corrected chi connectivity index (χ1v) is 27.6. The maximum absolute atomic E-state index is 7.59. The smallest absolute Gasteiger partial charge is 0.376 e. The van der Waals surface area contributed by atoms with Crippen molar-refractivity contribution in [3.05, 3.63) is 173 Å². The summed E-state index contributed by atoms with van der Waals surface area (Å²) in [5.74, 6) is 0. The lowest BCUT2D eigenvalue weighted by Gasteiger charge is -2.44. The number of hydrogen-bond donors (Lipinski definition) is 0. The predicted molar refractivity (Wildman–Crippen MR) is 321 cm³/mol. The molecular formula is C70H67BN2O3. The highest BCUT2D eigenvalue weighted by molar-refractivity contribution is 6.93. The third-order valence-electron chi connectivity index (χ3n) is 17.8. The number of para-hydroxylation sites is 1. The maximum atomic E-state index is 7.59. The van der Waals surface area contributed by atoms with E-state index in [9.17, 15) is 0 Å². The second-order valence-corrected chi connectivity index (χ2v) is 26.8. The van der Waals surface area contributed by atoms with Crippen LogP contribution in [-0.2, 0) is 27.1 Å². The molecule has 0 unspecified atom stereocenters. The molecule has 0 saturated heterocycles. The fraction of sp³-hybridized carbons (Fsp3) is 0.286. The molecule has 76 heavy (non-hydrogen) atoms. The van der Waals surface area contributed by atoms with Crippen LogP contribution in [0.3, 0.4) is 0 Å². The van der Waals surface area contributed by atoms with Crippen LogP contribution in [0.2, 0.25) is 0 Å². The molecule has 0 fully saturated rings. The molecule has 5 nitrogen and oxygen atoms in total. The molecule has 0 N–H and O–H groups in total. The zero-order valence-corrected chi connectivity index (χ0v) is 46.5. The molecule has 0 amide bonds. The van der Waals surface area contributed by atoms with Crippen LogP contribution in [0.1, 0.15) is 131 Å². The van der Waals surface area contributed by atoms with Gasteiger partial charge in [0.15, 0.2) is 0 Å². The van der Waals surface area contributed by atoms with Gasteiger partial charge in [0.2, 0.25) is 0 Å². The highest BCUT2D eigenvalue weighted by Gasteiger charge is 2.51. The molecule has 0 spiro atoms. The minimum absolute atomic E-state index is 0.0319. The first-order valence-electron chi connectivity index (χ1n) is 27.6. The second-order valence-electron chi connectivity index (χ2n) is 26.8. The van der Waals surface area contributed by atoms with E-state index in [0.717, 1.165) is 130 Å². The Bertz CT molecular complexity index is 4240. The minimum atomic E-state index is -0.405. The molecule has 3 aliphatic rings. The van der Waals surface area contributed by atoms with Gasteiger partial charge in [-0.05, 0) is 145 Å². The lowest BCUT2D eigenvalue weighted by Crippen LogP contribution is -2.61. The van der Waals surface area contributed by atoms with Crippen LogP contribution >= 0.6 is 0 Å². The molecule has 2 aliphatic heterocycles. The van der Waals surface area contributed by atoms with Gasteiger partial charge >= 0.3 is 6.85 Å². The molecule has 8 aromatic carbocycles. The van der Waals surface area contributed by atoms with E-state index < -0.39 is 6.85 Å². The summed E-state index contributed by atoms with van der Waals surface area (Å²) >= 11 is 0. The van der Waals surface area contributed by atoms with Crippen LogP contribution in [0.5, 0.6) is 0 Å². The lowest BCUT2D eigenvalue weighted by molar-refractivity contribution is 0.332. The Morgan fingerprint density at radius 2 is 1.05 bits per heavy atom. The topological polar surface area (TPSA) is 45.9 Å². The summed E-state index contributed by atoms with van der Waals surface area (Å²) < 4.78 is 22.0. The van der Waals surface area contributed by atoms with E-state index in [0.29, 0.717) is 0 Å². The Morgan fingerprint density at radius 1 is 0.447 bits per heavy atom. The molecule has 5 heterocycles. The molecule has 0 atom stereocenters. The molecule has 14 rings (SSSR count). The van der Waals surface area contributed by atoms with Crippen molar-refractivity contribution in [2.45, 2.75) is 130 Å². The zero-order chi connectivity index (χ0) is 52.7. The molecule has 378 valence electrons. The van der Waals surface area contributed by atoms with Gasteiger partial charge in [-0.15, -0.1) is 0 Å². The molecule has 3 aromatic heterocycles. The number of anilines is 5. The number of furan rings is 3. The number of hydrogen-bond acceptors (Lipinski definition) is 5. The molecule has 1 aliphatic carbocycles. The quantitative estimate of drug-likeness (QED) is 0.165. The number of rotatable bonds is 3. The Kier molecular flexibility index (Phi) is 9.65. The van der Waals surface area contributed by atoms with Crippen molar-refractivity contribution < 1.29 is 13.3 Å². The summed E-state index contributed by atoms with van der Waals surface area (Å²) in [4.78, 5) is 5.11. The number of nitrogens with zero attached hydrogens (tertiary/aromatic N) is 2. The molecule has 11 aromatic rings. The summed E-state index contributed by atoms with van der Waals surface area (Å²) in [7, 11) is 0. The van der Waals surface area contributed by atoms with Crippen molar-refractivity contribution in [2.75, 3.05) is 9.71 Å². The van der Waals surface area contributed by atoms with E-state index in [1.54, 1.807) is 0 Å². The van der Waals surface area contributed by atoms with Crippen LogP contribution in [0, 0.1) is 0 Å². The second kappa shape index (κ2) is 15.6. The van der Waals surface area contributed by atoms with Gasteiger partial charge < -0.3 is 23.0 Å². The van der Waals surface area contributed by atoms with Gasteiger partial charge in [0.05, 0.1) is 11.4 Å². The Morgan fingerprint density at radius 3 is 1.76 bits per heavy atom. The largest absolute Gasteiger partial charge is 0.466 e. The summed E-state index contributed by atoms with van der Waals surface area (Å²) in [6.45, 7) is 29.9. The van der Waals surface area contributed by atoms with Crippen molar-refractivity contribution in [2.24, 2.45) is 0 Å². The van der Waals surface area contributed by atoms with Crippen LogP contribution in [0.4, 0.5) is 28.4 Å². The van der Waals surface area contributed by atoms with Gasteiger partial charge in [-0.3, -0.25) is 0 Å². The molecule has 0 bridgehead atoms. The van der Waals surface area contributed by atoms with E-state index in [2.05, 4.69) is 245 Å². The van der Waals surface area contributed by atoms with Crippen LogP contribution in [-0.4, -0.2) is 6.85 Å². The predicted octanol–water partition coefficient (Wildman–Crippen LogP) is 18.8. The SMILES string of the molecule is CC(C)(C)c1ccc(N2B3c4oc5ccc(C(C)(C)C)cc5c4N(c4ccc(C(C)(C)C)cc4-c4ccccc4)c4cc5c(oc6ccccc65)c(c43)-c3cc4c(cc32)oc2cc3c(cc24)C(C)(C)CCC3(C)C)cc1.